The summed E-state index contributed by atoms with van der Waals surface area (Å²) in [6.07, 6.45) is 15.0. The minimum absolute atomic E-state index is 0.0151. The van der Waals surface area contributed by atoms with Gasteiger partial charge in [0.2, 0.25) is 23.6 Å². The number of hydrogen-bond acceptors (Lipinski definition) is 6. The van der Waals surface area contributed by atoms with Crippen molar-refractivity contribution in [2.45, 2.75) is 235 Å². The first-order valence-electron chi connectivity index (χ1n) is 34.6. The average Bonchev–Trinajstić information content (AvgIpc) is 3.40. The van der Waals surface area contributed by atoms with Crippen LogP contribution >= 0.6 is 0 Å². The first-order chi connectivity index (χ1) is 43.4. The van der Waals surface area contributed by atoms with Crippen LogP contribution in [0.5, 0.6) is 0 Å². The molecule has 5 aromatic rings. The molecule has 5 rings (SSSR count). The van der Waals surface area contributed by atoms with Gasteiger partial charge < -0.3 is 26.6 Å². The van der Waals surface area contributed by atoms with E-state index >= 15 is 0 Å². The summed E-state index contributed by atoms with van der Waals surface area (Å²) >= 11 is 0. The number of hydrogen-bond donors (Lipinski definition) is 5. The molecule has 0 saturated carbocycles. The second-order valence-corrected chi connectivity index (χ2v) is 27.2. The number of unbranched alkanes of at least 4 members (excludes halogenated alkanes) is 2. The summed E-state index contributed by atoms with van der Waals surface area (Å²) in [6.45, 7) is 44.7. The van der Waals surface area contributed by atoms with Crippen molar-refractivity contribution < 1.29 is 28.8 Å². The van der Waals surface area contributed by atoms with Crippen LogP contribution in [0.25, 0.3) is 0 Å². The Labute approximate surface area is 561 Å². The van der Waals surface area contributed by atoms with Crippen LogP contribution in [0.4, 0.5) is 0 Å². The molecule has 0 unspecified atom stereocenters. The van der Waals surface area contributed by atoms with E-state index < -0.39 is 0 Å². The molecule has 0 aliphatic rings. The molecule has 5 N–H and O–H groups in total. The molecule has 0 saturated heterocycles. The second kappa shape index (κ2) is 54.7. The van der Waals surface area contributed by atoms with E-state index in [1.54, 1.807) is 20.8 Å². The SMILES string of the molecule is CC(=O)NCCCC(C)C.CC(=O)NCCCCC(C)C.CC(=O)NCc1ccc(CC(C)C)cc1.CC(=O)NCc1ccc(CC(C)C)cc1.CC(=O)c1ccc(CC(C)C)cc1.CC(C)CCCCNC(=O)c1ccccc1.CCc1ccc(CC(C)C)cc1. The molecule has 0 atom stereocenters. The van der Waals surface area contributed by atoms with Gasteiger partial charge in [0, 0.05) is 71.5 Å². The lowest BCUT2D eigenvalue weighted by molar-refractivity contribution is -0.120. The van der Waals surface area contributed by atoms with E-state index in [4.69, 9.17) is 0 Å². The Balaban J connectivity index is 0. The molecular formula is C81H129N5O6. The van der Waals surface area contributed by atoms with Crippen molar-refractivity contribution in [3.63, 3.8) is 0 Å². The van der Waals surface area contributed by atoms with Gasteiger partial charge in [0.15, 0.2) is 5.78 Å². The molecule has 11 heteroatoms. The zero-order valence-electron chi connectivity index (χ0n) is 61.3. The third kappa shape index (κ3) is 55.9. The Kier molecular flexibility index (Phi) is 51.8. The van der Waals surface area contributed by atoms with Crippen LogP contribution < -0.4 is 26.6 Å². The van der Waals surface area contributed by atoms with Gasteiger partial charge in [-0.25, -0.2) is 0 Å². The van der Waals surface area contributed by atoms with Crippen molar-refractivity contribution in [3.05, 3.63) is 177 Å². The maximum atomic E-state index is 11.6. The first kappa shape index (κ1) is 87.2. The molecule has 5 aromatic carbocycles. The highest BCUT2D eigenvalue weighted by Gasteiger charge is 2.06. The monoisotopic (exact) mass is 1270 g/mol. The van der Waals surface area contributed by atoms with E-state index in [0.29, 0.717) is 30.8 Å². The smallest absolute Gasteiger partial charge is 0.251 e. The number of ketones is 1. The fourth-order valence-electron chi connectivity index (χ4n) is 9.00. The summed E-state index contributed by atoms with van der Waals surface area (Å²) in [5.41, 5.74) is 10.8. The Bertz CT molecular complexity index is 2590. The molecule has 0 aromatic heterocycles. The lowest BCUT2D eigenvalue weighted by atomic mass is 10.0. The van der Waals surface area contributed by atoms with Crippen LogP contribution in [0.15, 0.2) is 127 Å². The van der Waals surface area contributed by atoms with E-state index in [1.165, 1.54) is 80.2 Å². The predicted octanol–water partition coefficient (Wildman–Crippen LogP) is 18.3. The van der Waals surface area contributed by atoms with Gasteiger partial charge in [-0.15, -0.1) is 0 Å². The van der Waals surface area contributed by atoms with Crippen LogP contribution in [-0.4, -0.2) is 55.0 Å². The van der Waals surface area contributed by atoms with E-state index in [-0.39, 0.29) is 35.3 Å². The predicted molar refractivity (Wildman–Crippen MR) is 392 cm³/mol. The van der Waals surface area contributed by atoms with Gasteiger partial charge in [0.25, 0.3) is 5.91 Å². The molecule has 0 fully saturated rings. The number of Topliss-reactive ketones (excluding diaryl/α,β-unsaturated/α-hetero) is 1. The molecule has 0 spiro atoms. The maximum Gasteiger partial charge on any atom is 0.251 e. The molecule has 0 bridgehead atoms. The van der Waals surface area contributed by atoms with Crippen LogP contribution in [0.3, 0.4) is 0 Å². The fraction of sp³-hybridized carbons (Fsp3) is 0.556. The fourth-order valence-corrected chi connectivity index (χ4v) is 9.00. The summed E-state index contributed by atoms with van der Waals surface area (Å²) in [4.78, 5) is 64.9. The van der Waals surface area contributed by atoms with Crippen molar-refractivity contribution in [1.29, 1.82) is 0 Å². The van der Waals surface area contributed by atoms with Gasteiger partial charge in [-0.1, -0.05) is 245 Å². The highest BCUT2D eigenvalue weighted by molar-refractivity contribution is 5.94. The third-order valence-electron chi connectivity index (χ3n) is 13.9. The summed E-state index contributed by atoms with van der Waals surface area (Å²) in [6, 6.07) is 43.1. The Hall–Kier alpha value is -6.88. The Morgan fingerprint density at radius 3 is 0.870 bits per heavy atom. The highest BCUT2D eigenvalue weighted by Crippen LogP contribution is 2.14. The number of carbonyl (C=O) groups excluding carboxylic acids is 6. The van der Waals surface area contributed by atoms with E-state index in [9.17, 15) is 28.8 Å². The molecule has 11 nitrogen and oxygen atoms in total. The topological polar surface area (TPSA) is 163 Å². The van der Waals surface area contributed by atoms with E-state index in [2.05, 4.69) is 203 Å². The van der Waals surface area contributed by atoms with Gasteiger partial charge in [-0.05, 0) is 157 Å². The number of carbonyl (C=O) groups is 6. The summed E-state index contributed by atoms with van der Waals surface area (Å²) < 4.78 is 0. The molecule has 5 amide bonds. The number of nitrogens with one attached hydrogen (secondary N) is 5. The molecule has 514 valence electrons. The van der Waals surface area contributed by atoms with Crippen LogP contribution in [-0.2, 0) is 64.4 Å². The van der Waals surface area contributed by atoms with Gasteiger partial charge in [-0.2, -0.15) is 0 Å². The van der Waals surface area contributed by atoms with Crippen molar-refractivity contribution in [2.75, 3.05) is 19.6 Å². The maximum absolute atomic E-state index is 11.6. The van der Waals surface area contributed by atoms with Crippen molar-refractivity contribution in [3.8, 4) is 0 Å². The molecule has 0 aliphatic heterocycles. The van der Waals surface area contributed by atoms with Crippen molar-refractivity contribution in [2.24, 2.45) is 41.4 Å². The number of amides is 5. The number of rotatable bonds is 29. The summed E-state index contributed by atoms with van der Waals surface area (Å²) in [5, 5.41) is 14.0. The summed E-state index contributed by atoms with van der Waals surface area (Å²) in [5.74, 6) is 5.44. The van der Waals surface area contributed by atoms with Crippen molar-refractivity contribution in [1.82, 2.24) is 26.6 Å². The van der Waals surface area contributed by atoms with E-state index in [0.717, 1.165) is 111 Å². The Morgan fingerprint density at radius 1 is 0.293 bits per heavy atom. The quantitative estimate of drug-likeness (QED) is 0.0236. The van der Waals surface area contributed by atoms with Crippen LogP contribution in [0, 0.1) is 41.4 Å². The minimum atomic E-state index is 0.0151. The Morgan fingerprint density at radius 2 is 0.576 bits per heavy atom. The first-order valence-corrected chi connectivity index (χ1v) is 34.6. The van der Waals surface area contributed by atoms with Gasteiger partial charge >= 0.3 is 0 Å². The molecular weight excluding hydrogens is 1140 g/mol. The molecule has 0 heterocycles. The zero-order chi connectivity index (χ0) is 69.8. The van der Waals surface area contributed by atoms with Gasteiger partial charge in [-0.3, -0.25) is 28.8 Å². The number of benzene rings is 5. The number of aryl methyl sites for hydroxylation is 1. The second-order valence-electron chi connectivity index (χ2n) is 27.2. The van der Waals surface area contributed by atoms with Crippen molar-refractivity contribution >= 4 is 35.3 Å². The largest absolute Gasteiger partial charge is 0.356 e. The lowest BCUT2D eigenvalue weighted by Gasteiger charge is -2.06. The van der Waals surface area contributed by atoms with E-state index in [1.807, 2.05) is 54.6 Å². The van der Waals surface area contributed by atoms with Gasteiger partial charge in [0.05, 0.1) is 0 Å². The molecule has 0 aliphatic carbocycles. The lowest BCUT2D eigenvalue weighted by Crippen LogP contribution is -2.24. The van der Waals surface area contributed by atoms with Crippen LogP contribution in [0.2, 0.25) is 0 Å². The highest BCUT2D eigenvalue weighted by atomic mass is 16.2. The average molecular weight is 1270 g/mol. The zero-order valence-corrected chi connectivity index (χ0v) is 61.3. The standard InChI is InChI=1S/C14H21NO.2C13H19NO.C12H16O.C12H18.C9H19NO.C8H17NO/c1-12(2)8-6-7-11-15-14(16)13-9-4-3-5-10-13;2*1-10(2)8-12-4-6-13(7-5-12)9-14-11(3)15;1-9(2)8-11-4-6-12(7-5-11)10(3)13;1-4-11-5-7-12(8-6-11)9-10(2)3;1-8(2)6-4-5-7-10-9(3)11;1-7(2)5-4-6-9-8(3)10/h3-5,9-10,12H,6-8,11H2,1-2H3,(H,15,16);2*4-7,10H,8-9H2,1-3H3,(H,14,15);4-7,9H,8H2,1-3H3;5-8,10H,4,9H2,1-3H3;8H,4-7H2,1-3H3,(H,10,11);7H,4-6H2,1-3H3,(H,9,10). The molecule has 0 radical (unpaired) electrons. The summed E-state index contributed by atoms with van der Waals surface area (Å²) in [7, 11) is 0. The minimum Gasteiger partial charge on any atom is -0.356 e. The van der Waals surface area contributed by atoms with Crippen LogP contribution in [0.1, 0.15) is 250 Å². The third-order valence-corrected chi connectivity index (χ3v) is 13.9. The molecule has 92 heavy (non-hydrogen) atoms. The van der Waals surface area contributed by atoms with Gasteiger partial charge in [0.1, 0.15) is 0 Å². The normalized spacial score (nSPS) is 10.4.